The van der Waals surface area contributed by atoms with Crippen LogP contribution in [0.15, 0.2) is 16.8 Å². The summed E-state index contributed by atoms with van der Waals surface area (Å²) in [5.41, 5.74) is 1.16. The predicted octanol–water partition coefficient (Wildman–Crippen LogP) is 3.39. The van der Waals surface area contributed by atoms with Crippen molar-refractivity contribution in [3.8, 4) is 0 Å². The molecule has 0 radical (unpaired) electrons. The van der Waals surface area contributed by atoms with Crippen molar-refractivity contribution in [1.29, 1.82) is 0 Å². The van der Waals surface area contributed by atoms with Gasteiger partial charge in [-0.1, -0.05) is 13.8 Å². The Morgan fingerprint density at radius 3 is 3.00 bits per heavy atom. The second-order valence-electron chi connectivity index (χ2n) is 3.38. The van der Waals surface area contributed by atoms with Gasteiger partial charge < -0.3 is 0 Å². The maximum absolute atomic E-state index is 11.5. The van der Waals surface area contributed by atoms with Gasteiger partial charge in [-0.2, -0.15) is 23.1 Å². The van der Waals surface area contributed by atoms with E-state index in [2.05, 4.69) is 13.8 Å². The lowest BCUT2D eigenvalue weighted by Crippen LogP contribution is -2.07. The Labute approximate surface area is 93.9 Å². The van der Waals surface area contributed by atoms with Gasteiger partial charge in [0.05, 0.1) is 5.75 Å². The smallest absolute Gasteiger partial charge is 0.147 e. The maximum Gasteiger partial charge on any atom is 0.147 e. The maximum atomic E-state index is 11.5. The van der Waals surface area contributed by atoms with E-state index < -0.39 is 0 Å². The number of thiophene rings is 1. The molecular formula is C11H16OS2. The molecule has 1 aromatic heterocycles. The molecule has 0 saturated heterocycles. The molecule has 14 heavy (non-hydrogen) atoms. The monoisotopic (exact) mass is 228 g/mol. The normalized spacial score (nSPS) is 12.7. The van der Waals surface area contributed by atoms with E-state index in [9.17, 15) is 4.79 Å². The highest BCUT2D eigenvalue weighted by atomic mass is 32.2. The van der Waals surface area contributed by atoms with Crippen molar-refractivity contribution in [3.63, 3.8) is 0 Å². The zero-order valence-corrected chi connectivity index (χ0v) is 10.3. The number of hydrogen-bond acceptors (Lipinski definition) is 3. The lowest BCUT2D eigenvalue weighted by Gasteiger charge is -2.06. The van der Waals surface area contributed by atoms with E-state index in [1.807, 2.05) is 16.8 Å². The molecule has 1 nitrogen and oxygen atoms in total. The molecular weight excluding hydrogens is 212 g/mol. The van der Waals surface area contributed by atoms with Crippen LogP contribution >= 0.6 is 23.1 Å². The summed E-state index contributed by atoms with van der Waals surface area (Å²) in [5.74, 6) is 0.999. The van der Waals surface area contributed by atoms with Crippen LogP contribution in [0.4, 0.5) is 0 Å². The average Bonchev–Trinajstić information content (AvgIpc) is 2.66. The minimum absolute atomic E-state index is 0.341. The minimum atomic E-state index is 0.341. The van der Waals surface area contributed by atoms with Gasteiger partial charge in [0.15, 0.2) is 0 Å². The predicted molar refractivity (Wildman–Crippen MR) is 65.2 cm³/mol. The van der Waals surface area contributed by atoms with E-state index >= 15 is 0 Å². The molecule has 0 amide bonds. The van der Waals surface area contributed by atoms with Gasteiger partial charge in [-0.3, -0.25) is 4.79 Å². The summed E-state index contributed by atoms with van der Waals surface area (Å²) in [6.07, 6.45) is 1.74. The molecule has 0 saturated carbocycles. The van der Waals surface area contributed by atoms with Gasteiger partial charge in [-0.15, -0.1) is 0 Å². The molecule has 0 N–H and O–H groups in total. The molecule has 1 heterocycles. The highest BCUT2D eigenvalue weighted by molar-refractivity contribution is 8.00. The third-order valence-electron chi connectivity index (χ3n) is 2.09. The van der Waals surface area contributed by atoms with Gasteiger partial charge >= 0.3 is 0 Å². The fourth-order valence-electron chi connectivity index (χ4n) is 1.02. The Kier molecular flexibility index (Phi) is 5.26. The molecule has 0 aliphatic carbocycles. The van der Waals surface area contributed by atoms with Crippen LogP contribution in [0.1, 0.15) is 25.8 Å². The van der Waals surface area contributed by atoms with E-state index in [4.69, 9.17) is 0 Å². The van der Waals surface area contributed by atoms with Gasteiger partial charge in [0, 0.05) is 11.7 Å². The molecule has 0 aliphatic rings. The van der Waals surface area contributed by atoms with Crippen LogP contribution in [0.2, 0.25) is 0 Å². The van der Waals surface area contributed by atoms with Crippen molar-refractivity contribution in [3.05, 3.63) is 22.4 Å². The molecule has 0 bridgehead atoms. The highest BCUT2D eigenvalue weighted by Crippen LogP contribution is 2.15. The number of hydrogen-bond donors (Lipinski definition) is 0. The topological polar surface area (TPSA) is 17.1 Å². The average molecular weight is 228 g/mol. The lowest BCUT2D eigenvalue weighted by atomic mass is 10.2. The van der Waals surface area contributed by atoms with Gasteiger partial charge in [0.1, 0.15) is 5.78 Å². The standard InChI is InChI=1S/C11H16OS2/c1-3-9(2)14-8-11(12)6-10-4-5-13-7-10/h4-5,7,9H,3,6,8H2,1-2H3. The van der Waals surface area contributed by atoms with Crippen LogP contribution in [-0.4, -0.2) is 16.8 Å². The van der Waals surface area contributed by atoms with E-state index in [0.717, 1.165) is 12.0 Å². The third kappa shape index (κ3) is 4.29. The van der Waals surface area contributed by atoms with Crippen LogP contribution in [0, 0.1) is 0 Å². The SMILES string of the molecule is CCC(C)SCC(=O)Cc1ccsc1. The first-order valence-electron chi connectivity index (χ1n) is 4.86. The fraction of sp³-hybridized carbons (Fsp3) is 0.545. The van der Waals surface area contributed by atoms with Crippen LogP contribution in [0.25, 0.3) is 0 Å². The summed E-state index contributed by atoms with van der Waals surface area (Å²) >= 11 is 3.41. The zero-order valence-electron chi connectivity index (χ0n) is 8.66. The van der Waals surface area contributed by atoms with E-state index in [-0.39, 0.29) is 0 Å². The second kappa shape index (κ2) is 6.25. The summed E-state index contributed by atoms with van der Waals surface area (Å²) in [4.78, 5) is 11.5. The Morgan fingerprint density at radius 2 is 2.43 bits per heavy atom. The molecule has 1 unspecified atom stereocenters. The molecule has 0 aromatic carbocycles. The number of rotatable bonds is 6. The molecule has 0 spiro atoms. The Hall–Kier alpha value is -0.280. The van der Waals surface area contributed by atoms with Crippen molar-refractivity contribution in [2.24, 2.45) is 0 Å². The summed E-state index contributed by atoms with van der Waals surface area (Å²) in [6, 6.07) is 2.02. The van der Waals surface area contributed by atoms with Crippen LogP contribution in [0.5, 0.6) is 0 Å². The van der Waals surface area contributed by atoms with Gasteiger partial charge in [-0.05, 0) is 28.8 Å². The largest absolute Gasteiger partial charge is 0.298 e. The van der Waals surface area contributed by atoms with Crippen molar-refractivity contribution < 1.29 is 4.79 Å². The van der Waals surface area contributed by atoms with Crippen molar-refractivity contribution >= 4 is 28.9 Å². The summed E-state index contributed by atoms with van der Waals surface area (Å²) in [7, 11) is 0. The first-order chi connectivity index (χ1) is 6.72. The quantitative estimate of drug-likeness (QED) is 0.742. The Morgan fingerprint density at radius 1 is 1.64 bits per heavy atom. The van der Waals surface area contributed by atoms with Crippen molar-refractivity contribution in [2.75, 3.05) is 5.75 Å². The first kappa shape index (κ1) is 11.8. The number of ketones is 1. The molecule has 1 rings (SSSR count). The Balaban J connectivity index is 2.23. The summed E-state index contributed by atoms with van der Waals surface area (Å²) in [5, 5.41) is 4.66. The Bertz CT molecular complexity index is 267. The van der Waals surface area contributed by atoms with Gasteiger partial charge in [0.2, 0.25) is 0 Å². The van der Waals surface area contributed by atoms with E-state index in [1.54, 1.807) is 23.1 Å². The van der Waals surface area contributed by atoms with E-state index in [1.165, 1.54) is 0 Å². The summed E-state index contributed by atoms with van der Waals surface area (Å²) in [6.45, 7) is 4.32. The van der Waals surface area contributed by atoms with Crippen LogP contribution in [0.3, 0.4) is 0 Å². The first-order valence-corrected chi connectivity index (χ1v) is 6.86. The lowest BCUT2D eigenvalue weighted by molar-refractivity contribution is -0.116. The second-order valence-corrected chi connectivity index (χ2v) is 5.58. The van der Waals surface area contributed by atoms with E-state index in [0.29, 0.717) is 23.2 Å². The molecule has 0 aliphatic heterocycles. The van der Waals surface area contributed by atoms with Gasteiger partial charge in [0.25, 0.3) is 0 Å². The highest BCUT2D eigenvalue weighted by Gasteiger charge is 2.06. The van der Waals surface area contributed by atoms with Gasteiger partial charge in [-0.25, -0.2) is 0 Å². The minimum Gasteiger partial charge on any atom is -0.298 e. The molecule has 78 valence electrons. The fourth-order valence-corrected chi connectivity index (χ4v) is 2.50. The molecule has 0 fully saturated rings. The van der Waals surface area contributed by atoms with Crippen molar-refractivity contribution in [1.82, 2.24) is 0 Å². The number of carbonyl (C=O) groups is 1. The molecule has 1 aromatic rings. The molecule has 1 atom stereocenters. The number of thioether (sulfide) groups is 1. The molecule has 3 heteroatoms. The zero-order chi connectivity index (χ0) is 10.4. The van der Waals surface area contributed by atoms with Crippen LogP contribution in [-0.2, 0) is 11.2 Å². The number of Topliss-reactive ketones (excluding diaryl/α,β-unsaturated/α-hetero) is 1. The third-order valence-corrected chi connectivity index (χ3v) is 4.21. The summed E-state index contributed by atoms with van der Waals surface area (Å²) < 4.78 is 0. The number of carbonyl (C=O) groups excluding carboxylic acids is 1. The van der Waals surface area contributed by atoms with Crippen LogP contribution < -0.4 is 0 Å². The van der Waals surface area contributed by atoms with Crippen molar-refractivity contribution in [2.45, 2.75) is 31.9 Å².